The Labute approximate surface area is 130 Å². The minimum Gasteiger partial charge on any atom is -0.520 e. The van der Waals surface area contributed by atoms with Crippen LogP contribution in [0.4, 0.5) is 0 Å². The van der Waals surface area contributed by atoms with Gasteiger partial charge in [-0.3, -0.25) is 4.79 Å². The van der Waals surface area contributed by atoms with Crippen molar-refractivity contribution in [2.24, 2.45) is 5.92 Å². The molecule has 2 rings (SSSR count). The van der Waals surface area contributed by atoms with Gasteiger partial charge in [-0.05, 0) is 36.5 Å². The predicted molar refractivity (Wildman–Crippen MR) is 82.5 cm³/mol. The van der Waals surface area contributed by atoms with Gasteiger partial charge in [0.2, 0.25) is 0 Å². The first-order valence-corrected chi connectivity index (χ1v) is 7.76. The quantitative estimate of drug-likeness (QED) is 0.378. The Morgan fingerprint density at radius 2 is 1.91 bits per heavy atom. The Kier molecular flexibility index (Phi) is 7.11. The number of nitrogens with one attached hydrogen (secondary N) is 1. The van der Waals surface area contributed by atoms with E-state index in [1.165, 1.54) is 38.5 Å². The van der Waals surface area contributed by atoms with E-state index in [4.69, 9.17) is 9.84 Å². The fraction of sp³-hybridized carbons (Fsp3) is 0.529. The van der Waals surface area contributed by atoms with E-state index in [1.807, 2.05) is 24.3 Å². The van der Waals surface area contributed by atoms with Gasteiger partial charge in [0.1, 0.15) is 11.8 Å². The Hall–Kier alpha value is -3.04. The average molecular weight is 561 g/mol. The van der Waals surface area contributed by atoms with E-state index in [1.54, 1.807) is 0 Å². The molecule has 1 saturated carbocycles. The summed E-state index contributed by atoms with van der Waals surface area (Å²) in [4.78, 5) is 21.3. The maximum Gasteiger partial charge on any atom is 0.323 e. The number of carboxylic acid groups (broad SMARTS) is 1. The zero-order valence-corrected chi connectivity index (χ0v) is 15.3. The van der Waals surface area contributed by atoms with Crippen LogP contribution in [0.15, 0.2) is 24.3 Å². The summed E-state index contributed by atoms with van der Waals surface area (Å²) in [5.74, 6) is 0.384. The fourth-order valence-corrected chi connectivity index (χ4v) is 2.80. The van der Waals surface area contributed by atoms with Crippen LogP contribution in [0.3, 0.4) is 0 Å². The van der Waals surface area contributed by atoms with Crippen LogP contribution in [0.1, 0.15) is 37.7 Å². The van der Waals surface area contributed by atoms with E-state index in [-0.39, 0.29) is 6.42 Å². The van der Waals surface area contributed by atoms with Crippen LogP contribution in [0, 0.1) is 5.92 Å². The number of carboxylic acids is 1. The normalized spacial score (nSPS) is 16.0. The second-order valence-corrected chi connectivity index (χ2v) is 5.80. The van der Waals surface area contributed by atoms with E-state index in [0.29, 0.717) is 5.92 Å². The molecule has 0 unspecified atom stereocenters. The third kappa shape index (κ3) is 5.69. The van der Waals surface area contributed by atoms with Gasteiger partial charge in [-0.1, -0.05) is 31.4 Å². The third-order valence-electron chi connectivity index (χ3n) is 4.10. The summed E-state index contributed by atoms with van der Waals surface area (Å²) in [5.41, 5.74) is 0.833. The number of ether oxygens (including phenoxy) is 1. The van der Waals surface area contributed by atoms with Crippen LogP contribution < -0.4 is 10.1 Å². The molecular formula is C17H22FmNO4-. The van der Waals surface area contributed by atoms with E-state index >= 15 is 0 Å². The van der Waals surface area contributed by atoms with Crippen molar-refractivity contribution in [1.82, 2.24) is 5.32 Å². The Balaban J connectivity index is 0.00000264. The number of hydrogen-bond acceptors (Lipinski definition) is 3. The van der Waals surface area contributed by atoms with Crippen molar-refractivity contribution in [2.75, 3.05) is 6.61 Å². The van der Waals surface area contributed by atoms with Crippen molar-refractivity contribution in [2.45, 2.75) is 44.6 Å². The standard InChI is InChI=1S/C17H22NO4.Fm/c19-12-18-16(17(20)21)10-13-6-8-15(9-7-13)22-11-14-4-2-1-3-5-14;/h6-9,14,16H,1-5,10-11H2,(H,18,19)(H,20,21);/q-1;/t16-;/m0./s1. The topological polar surface area (TPSA) is 75.6 Å². The van der Waals surface area contributed by atoms with Gasteiger partial charge in [0.15, 0.2) is 0 Å². The van der Waals surface area contributed by atoms with Crippen LogP contribution in [0.5, 0.6) is 5.75 Å². The van der Waals surface area contributed by atoms with Crippen LogP contribution >= 0.6 is 0 Å². The summed E-state index contributed by atoms with van der Waals surface area (Å²) in [5, 5.41) is 11.2. The summed E-state index contributed by atoms with van der Waals surface area (Å²) in [6.45, 7) is 0.749. The summed E-state index contributed by atoms with van der Waals surface area (Å²) in [7, 11) is 0. The monoisotopic (exact) mass is 561 g/mol. The molecule has 6 heteroatoms. The van der Waals surface area contributed by atoms with Crippen LogP contribution in [0.2, 0.25) is 0 Å². The first kappa shape index (κ1) is 18.0. The molecule has 1 aliphatic carbocycles. The summed E-state index contributed by atoms with van der Waals surface area (Å²) in [6.07, 6.45) is 8.07. The van der Waals surface area contributed by atoms with Crippen molar-refractivity contribution in [1.29, 1.82) is 0 Å². The molecule has 1 aliphatic rings. The van der Waals surface area contributed by atoms with Crippen molar-refractivity contribution >= 4 is 12.4 Å². The number of amides is 1. The number of carbonyl (C=O) groups excluding carboxylic acids is 1. The summed E-state index contributed by atoms with van der Waals surface area (Å²) in [6, 6.07) is 6.41. The molecule has 1 aromatic rings. The zero-order valence-electron chi connectivity index (χ0n) is 12.9. The summed E-state index contributed by atoms with van der Waals surface area (Å²) < 4.78 is 5.81. The second kappa shape index (κ2) is 9.07. The Morgan fingerprint density at radius 3 is 2.48 bits per heavy atom. The van der Waals surface area contributed by atoms with Gasteiger partial charge in [-0.15, -0.1) is 0 Å². The fourth-order valence-electron chi connectivity index (χ4n) is 2.80. The number of carbonyl (C=O) groups is 1. The first-order chi connectivity index (χ1) is 10.7. The minimum absolute atomic E-state index is 0. The molecule has 1 aromatic carbocycles. The maximum atomic E-state index is 11.0. The van der Waals surface area contributed by atoms with Crippen molar-refractivity contribution in [3.63, 3.8) is 0 Å². The van der Waals surface area contributed by atoms with Crippen LogP contribution in [-0.2, 0) is 16.0 Å². The molecule has 1 fully saturated rings. The molecule has 0 aliphatic heterocycles. The molecule has 5 nitrogen and oxygen atoms in total. The molecule has 1 amide bonds. The number of hydrogen-bond donors (Lipinski definition) is 2. The van der Waals surface area contributed by atoms with Crippen molar-refractivity contribution in [3.05, 3.63) is 29.8 Å². The molecule has 132 valence electrons. The largest absolute Gasteiger partial charge is 0.520 e. The SMILES string of the molecule is O=[C-]N[C@@H](Cc1ccc(OCC2CCCCC2)cc1)C(=O)O.[Fm]. The summed E-state index contributed by atoms with van der Waals surface area (Å²) >= 11 is 0. The van der Waals surface area contributed by atoms with Gasteiger partial charge in [0.05, 0.1) is 6.61 Å². The Morgan fingerprint density at radius 1 is 1.26 bits per heavy atom. The first-order valence-electron chi connectivity index (χ1n) is 7.76. The molecule has 0 spiro atoms. The van der Waals surface area contributed by atoms with Gasteiger partial charge < -0.3 is 20.0 Å². The van der Waals surface area contributed by atoms with E-state index in [9.17, 15) is 9.59 Å². The Bertz CT molecular complexity index is 486. The number of aliphatic carboxylic acids is 1. The molecule has 0 heterocycles. The van der Waals surface area contributed by atoms with Crippen LogP contribution in [-0.4, -0.2) is 30.1 Å². The van der Waals surface area contributed by atoms with Gasteiger partial charge in [-0.25, -0.2) is 0 Å². The van der Waals surface area contributed by atoms with Gasteiger partial charge in [0, 0.05) is 6.42 Å². The minimum atomic E-state index is -1.07. The molecule has 1 atom stereocenters. The zero-order chi connectivity index (χ0) is 15.8. The van der Waals surface area contributed by atoms with E-state index in [2.05, 4.69) is 5.32 Å². The van der Waals surface area contributed by atoms with Gasteiger partial charge >= 0.3 is 5.97 Å². The second-order valence-electron chi connectivity index (χ2n) is 5.80. The van der Waals surface area contributed by atoms with E-state index in [0.717, 1.165) is 17.9 Å². The van der Waals surface area contributed by atoms with Gasteiger partial charge in [0.25, 0.3) is 0 Å². The molecule has 23 heavy (non-hydrogen) atoms. The smallest absolute Gasteiger partial charge is 0.323 e. The van der Waals surface area contributed by atoms with Crippen LogP contribution in [0.25, 0.3) is 0 Å². The molecular weight excluding hydrogens is 539 g/mol. The third-order valence-corrected chi connectivity index (χ3v) is 4.10. The van der Waals surface area contributed by atoms with Crippen molar-refractivity contribution in [3.8, 4) is 5.75 Å². The van der Waals surface area contributed by atoms with E-state index < -0.39 is 12.0 Å². The maximum absolute atomic E-state index is 11.0. The number of rotatable bonds is 8. The molecule has 0 aromatic heterocycles. The average Bonchev–Trinajstić information content (AvgIpc) is 2.54. The number of benzene rings is 1. The predicted octanol–water partition coefficient (Wildman–Crippen LogP) is 2.30. The molecule has 2 N–H and O–H groups in total. The van der Waals surface area contributed by atoms with Crippen molar-refractivity contribution < 1.29 is 19.4 Å². The van der Waals surface area contributed by atoms with Gasteiger partial charge in [-0.2, -0.15) is 6.41 Å². The molecule has 0 bridgehead atoms. The molecule has 0 saturated heterocycles. The molecule has 0 radical (unpaired) electrons.